The molecule has 6 aromatic rings. The molecule has 0 aliphatic carbocycles. The minimum atomic E-state index is 0.842. The molecule has 31 heavy (non-hydrogen) atoms. The van der Waals surface area contributed by atoms with Crippen LogP contribution in [0.25, 0.3) is 50.6 Å². The van der Waals surface area contributed by atoms with Crippen LogP contribution in [-0.2, 0) is 6.42 Å². The average Bonchev–Trinajstić information content (AvgIpc) is 3.43. The molecule has 0 unspecified atom stereocenters. The van der Waals surface area contributed by atoms with Crippen LogP contribution in [0.1, 0.15) is 25.2 Å². The van der Waals surface area contributed by atoms with Crippen LogP contribution < -0.4 is 0 Å². The van der Waals surface area contributed by atoms with Gasteiger partial charge in [-0.15, -0.1) is 0 Å². The first-order valence-corrected chi connectivity index (χ1v) is 11.3. The van der Waals surface area contributed by atoms with Crippen LogP contribution in [0.15, 0.2) is 75.6 Å². The molecule has 0 amide bonds. The molecular weight excluding hydrogens is 450 g/mol. The first kappa shape index (κ1) is 18.5. The van der Waals surface area contributed by atoms with Crippen LogP contribution in [-0.4, -0.2) is 14.0 Å². The van der Waals surface area contributed by atoms with Crippen LogP contribution in [0.2, 0.25) is 0 Å². The van der Waals surface area contributed by atoms with Crippen molar-refractivity contribution < 1.29 is 4.42 Å². The molecule has 3 aromatic carbocycles. The fraction of sp³-hybridized carbons (Fsp3) is 0.115. The van der Waals surface area contributed by atoms with Crippen molar-refractivity contribution in [3.63, 3.8) is 0 Å². The van der Waals surface area contributed by atoms with E-state index in [-0.39, 0.29) is 0 Å². The Morgan fingerprint density at radius 2 is 1.81 bits per heavy atom. The average molecular weight is 470 g/mol. The molecular formula is C26H20BrN3O. The van der Waals surface area contributed by atoms with E-state index >= 15 is 0 Å². The molecule has 0 aliphatic heterocycles. The van der Waals surface area contributed by atoms with Gasteiger partial charge in [-0.2, -0.15) is 0 Å². The fourth-order valence-corrected chi connectivity index (χ4v) is 5.13. The van der Waals surface area contributed by atoms with Crippen molar-refractivity contribution in [3.05, 3.63) is 82.5 Å². The number of hydrogen-bond donors (Lipinski definition) is 0. The van der Waals surface area contributed by atoms with Gasteiger partial charge >= 0.3 is 0 Å². The van der Waals surface area contributed by atoms with Crippen LogP contribution in [0.4, 0.5) is 0 Å². The van der Waals surface area contributed by atoms with Gasteiger partial charge in [-0.1, -0.05) is 49.4 Å². The summed E-state index contributed by atoms with van der Waals surface area (Å²) in [5.41, 5.74) is 7.28. The number of para-hydroxylation sites is 4. The summed E-state index contributed by atoms with van der Waals surface area (Å²) in [6.45, 7) is 4.17. The quantitative estimate of drug-likeness (QED) is 0.268. The lowest BCUT2D eigenvalue weighted by atomic mass is 10.1. The number of rotatable bonds is 3. The minimum absolute atomic E-state index is 0.842. The number of aromatic nitrogens is 3. The number of halogens is 1. The van der Waals surface area contributed by atoms with Gasteiger partial charge in [0.1, 0.15) is 5.76 Å². The maximum Gasteiger partial charge on any atom is 0.220 e. The Morgan fingerprint density at radius 3 is 2.65 bits per heavy atom. The van der Waals surface area contributed by atoms with Gasteiger partial charge in [0.15, 0.2) is 5.58 Å². The van der Waals surface area contributed by atoms with Gasteiger partial charge in [0.2, 0.25) is 5.78 Å². The number of nitrogens with zero attached hydrogens (tertiary/aromatic N) is 3. The monoisotopic (exact) mass is 469 g/mol. The summed E-state index contributed by atoms with van der Waals surface area (Å²) < 4.78 is 11.9. The summed E-state index contributed by atoms with van der Waals surface area (Å²) in [5.74, 6) is 1.88. The summed E-state index contributed by atoms with van der Waals surface area (Å²) >= 11 is 3.78. The third-order valence-electron chi connectivity index (χ3n) is 5.88. The number of hydrogen-bond acceptors (Lipinski definition) is 2. The summed E-state index contributed by atoms with van der Waals surface area (Å²) in [4.78, 5) is 5.01. The van der Waals surface area contributed by atoms with Crippen molar-refractivity contribution in [2.45, 2.75) is 20.3 Å². The lowest BCUT2D eigenvalue weighted by molar-refractivity contribution is 0.554. The predicted molar refractivity (Wildman–Crippen MR) is 131 cm³/mol. The molecule has 0 saturated heterocycles. The zero-order valence-electron chi connectivity index (χ0n) is 17.3. The van der Waals surface area contributed by atoms with Gasteiger partial charge in [0.25, 0.3) is 0 Å². The number of fused-ring (bicyclic) bond motifs is 6. The van der Waals surface area contributed by atoms with Crippen molar-refractivity contribution in [3.8, 4) is 5.69 Å². The van der Waals surface area contributed by atoms with Gasteiger partial charge < -0.3 is 4.42 Å². The first-order chi connectivity index (χ1) is 15.2. The van der Waals surface area contributed by atoms with Crippen LogP contribution in [0.5, 0.6) is 0 Å². The summed E-state index contributed by atoms with van der Waals surface area (Å²) in [6, 6.07) is 20.9. The molecule has 0 N–H and O–H groups in total. The van der Waals surface area contributed by atoms with Gasteiger partial charge in [-0.3, -0.25) is 8.97 Å². The van der Waals surface area contributed by atoms with Crippen molar-refractivity contribution in [2.75, 3.05) is 0 Å². The summed E-state index contributed by atoms with van der Waals surface area (Å²) in [5, 5.41) is 1.12. The van der Waals surface area contributed by atoms with E-state index in [9.17, 15) is 0 Å². The number of allylic oxidation sites excluding steroid dienone is 1. The Morgan fingerprint density at radius 1 is 1.00 bits per heavy atom. The second-order valence-corrected chi connectivity index (χ2v) is 8.48. The van der Waals surface area contributed by atoms with E-state index < -0.39 is 0 Å². The Labute approximate surface area is 187 Å². The lowest BCUT2D eigenvalue weighted by Gasteiger charge is -2.06. The molecule has 4 nitrogen and oxygen atoms in total. The van der Waals surface area contributed by atoms with E-state index in [0.29, 0.717) is 0 Å². The Balaban J connectivity index is 1.82. The highest BCUT2D eigenvalue weighted by Crippen LogP contribution is 2.37. The molecule has 0 spiro atoms. The topological polar surface area (TPSA) is 35.4 Å². The summed E-state index contributed by atoms with van der Waals surface area (Å²) in [6.07, 6.45) is 5.05. The van der Waals surface area contributed by atoms with E-state index in [0.717, 1.165) is 66.7 Å². The van der Waals surface area contributed by atoms with E-state index in [4.69, 9.17) is 9.40 Å². The zero-order chi connectivity index (χ0) is 21.1. The minimum Gasteiger partial charge on any atom is -0.458 e. The molecule has 0 fully saturated rings. The maximum atomic E-state index is 6.44. The summed E-state index contributed by atoms with van der Waals surface area (Å²) in [7, 11) is 0. The third-order valence-corrected chi connectivity index (χ3v) is 6.52. The second-order valence-electron chi connectivity index (χ2n) is 7.63. The van der Waals surface area contributed by atoms with E-state index in [1.54, 1.807) is 0 Å². The number of imidazole rings is 2. The second kappa shape index (κ2) is 6.86. The maximum absolute atomic E-state index is 6.44. The van der Waals surface area contributed by atoms with Crippen molar-refractivity contribution >= 4 is 60.8 Å². The fourth-order valence-electron chi connectivity index (χ4n) is 4.60. The van der Waals surface area contributed by atoms with Crippen LogP contribution >= 0.6 is 15.9 Å². The molecule has 3 heterocycles. The van der Waals surface area contributed by atoms with E-state index in [1.807, 2.05) is 13.0 Å². The number of furan rings is 1. The number of aryl methyl sites for hydroxylation is 1. The van der Waals surface area contributed by atoms with Crippen LogP contribution in [0.3, 0.4) is 0 Å². The third kappa shape index (κ3) is 2.50. The zero-order valence-corrected chi connectivity index (χ0v) is 18.8. The number of benzene rings is 3. The Kier molecular flexibility index (Phi) is 4.08. The highest BCUT2D eigenvalue weighted by molar-refractivity contribution is 9.10. The smallest absolute Gasteiger partial charge is 0.220 e. The molecule has 152 valence electrons. The van der Waals surface area contributed by atoms with Gasteiger partial charge in [0.05, 0.1) is 27.8 Å². The molecule has 0 bridgehead atoms. The molecule has 0 atom stereocenters. The van der Waals surface area contributed by atoms with Gasteiger partial charge in [-0.05, 0) is 53.2 Å². The highest BCUT2D eigenvalue weighted by Gasteiger charge is 2.22. The van der Waals surface area contributed by atoms with E-state index in [2.05, 4.69) is 98.6 Å². The molecule has 0 aliphatic rings. The predicted octanol–water partition coefficient (Wildman–Crippen LogP) is 7.54. The van der Waals surface area contributed by atoms with Crippen LogP contribution in [0, 0.1) is 0 Å². The Bertz CT molecular complexity index is 1650. The first-order valence-electron chi connectivity index (χ1n) is 10.5. The molecule has 6 rings (SSSR count). The lowest BCUT2D eigenvalue weighted by Crippen LogP contribution is -1.95. The van der Waals surface area contributed by atoms with E-state index in [1.165, 1.54) is 0 Å². The SMILES string of the molecule is C/C=C\c1c(CC)oc2c(-n3c4cccc(Br)c4n4c5ccccc5nc34)cccc12. The molecule has 0 saturated carbocycles. The molecule has 5 heteroatoms. The highest BCUT2D eigenvalue weighted by atomic mass is 79.9. The molecule has 0 radical (unpaired) electrons. The van der Waals surface area contributed by atoms with Crippen molar-refractivity contribution in [2.24, 2.45) is 0 Å². The van der Waals surface area contributed by atoms with Gasteiger partial charge in [0, 0.05) is 21.8 Å². The normalized spacial score (nSPS) is 12.4. The Hall–Kier alpha value is -3.31. The van der Waals surface area contributed by atoms with Crippen molar-refractivity contribution in [1.29, 1.82) is 0 Å². The van der Waals surface area contributed by atoms with Crippen molar-refractivity contribution in [1.82, 2.24) is 14.0 Å². The molecule has 3 aromatic heterocycles. The standard InChI is InChI=1S/C26H20BrN3O/c1-3-9-16-17-10-7-15-22(25(17)31-23(16)4-2)29-21-14-8-11-18(27)24(21)30-20-13-6-5-12-19(20)28-26(29)30/h3,5-15H,4H2,1-2H3/b9-3-. The largest absolute Gasteiger partial charge is 0.458 e. The van der Waals surface area contributed by atoms with Gasteiger partial charge in [-0.25, -0.2) is 4.98 Å².